The van der Waals surface area contributed by atoms with E-state index in [-0.39, 0.29) is 5.57 Å². The first kappa shape index (κ1) is 24.0. The van der Waals surface area contributed by atoms with Gasteiger partial charge in [-0.3, -0.25) is 4.79 Å². The number of ether oxygens (including phenoxy) is 2. The summed E-state index contributed by atoms with van der Waals surface area (Å²) in [5.74, 6) is 0.879. The maximum absolute atomic E-state index is 12.4. The van der Waals surface area contributed by atoms with Gasteiger partial charge in [0.15, 0.2) is 11.5 Å². The van der Waals surface area contributed by atoms with Gasteiger partial charge >= 0.3 is 0 Å². The summed E-state index contributed by atoms with van der Waals surface area (Å²) in [5, 5.41) is 15.2. The van der Waals surface area contributed by atoms with Gasteiger partial charge in [0, 0.05) is 50.3 Å². The van der Waals surface area contributed by atoms with Crippen molar-refractivity contribution in [3.63, 3.8) is 0 Å². The van der Waals surface area contributed by atoms with E-state index in [0.717, 1.165) is 37.4 Å². The van der Waals surface area contributed by atoms with E-state index in [9.17, 15) is 10.1 Å². The molecule has 2 aromatic rings. The summed E-state index contributed by atoms with van der Waals surface area (Å²) in [4.78, 5) is 17.1. The Morgan fingerprint density at radius 3 is 2.39 bits per heavy atom. The van der Waals surface area contributed by atoms with Crippen LogP contribution in [0.4, 0.5) is 11.4 Å². The van der Waals surface area contributed by atoms with Crippen LogP contribution in [0.2, 0.25) is 0 Å². The average molecular weight is 450 g/mol. The van der Waals surface area contributed by atoms with Crippen molar-refractivity contribution in [1.29, 1.82) is 5.26 Å². The molecule has 2 aromatic carbocycles. The molecular weight excluding hydrogens is 418 g/mol. The fourth-order valence-electron chi connectivity index (χ4n) is 3.59. The van der Waals surface area contributed by atoms with Crippen molar-refractivity contribution >= 4 is 17.3 Å². The first-order valence-electron chi connectivity index (χ1n) is 10.9. The van der Waals surface area contributed by atoms with Crippen LogP contribution in [0.15, 0.2) is 54.2 Å². The van der Waals surface area contributed by atoms with Gasteiger partial charge in [-0.2, -0.15) is 5.26 Å². The van der Waals surface area contributed by atoms with Gasteiger partial charge < -0.3 is 29.9 Å². The second-order valence-electron chi connectivity index (χ2n) is 7.85. The fourth-order valence-corrected chi connectivity index (χ4v) is 3.59. The third-order valence-electron chi connectivity index (χ3n) is 5.63. The molecule has 0 atom stereocenters. The van der Waals surface area contributed by atoms with Crippen LogP contribution in [0.3, 0.4) is 0 Å². The maximum Gasteiger partial charge on any atom is 0.263 e. The monoisotopic (exact) mass is 449 g/mol. The van der Waals surface area contributed by atoms with Crippen LogP contribution in [0, 0.1) is 11.3 Å². The Hall–Kier alpha value is -3.70. The third-order valence-corrected chi connectivity index (χ3v) is 5.63. The number of nitriles is 1. The second kappa shape index (κ2) is 11.8. The van der Waals surface area contributed by atoms with Crippen LogP contribution in [0.1, 0.15) is 5.56 Å². The topological polar surface area (TPSA) is 89.9 Å². The van der Waals surface area contributed by atoms with Gasteiger partial charge in [0.1, 0.15) is 11.6 Å². The number of rotatable bonds is 9. The summed E-state index contributed by atoms with van der Waals surface area (Å²) in [5.41, 5.74) is 3.00. The van der Waals surface area contributed by atoms with Crippen molar-refractivity contribution in [2.75, 3.05) is 64.2 Å². The highest BCUT2D eigenvalue weighted by Crippen LogP contribution is 2.27. The first-order chi connectivity index (χ1) is 16.0. The van der Waals surface area contributed by atoms with E-state index in [2.05, 4.69) is 39.6 Å². The van der Waals surface area contributed by atoms with Crippen molar-refractivity contribution in [2.24, 2.45) is 0 Å². The molecule has 1 amide bonds. The van der Waals surface area contributed by atoms with E-state index in [1.54, 1.807) is 14.2 Å². The zero-order valence-corrected chi connectivity index (χ0v) is 19.4. The van der Waals surface area contributed by atoms with Gasteiger partial charge in [-0.15, -0.1) is 0 Å². The Labute approximate surface area is 195 Å². The smallest absolute Gasteiger partial charge is 0.263 e. The minimum absolute atomic E-state index is 0.0189. The largest absolute Gasteiger partial charge is 0.493 e. The highest BCUT2D eigenvalue weighted by molar-refractivity contribution is 5.97. The molecule has 1 aliphatic rings. The van der Waals surface area contributed by atoms with Crippen molar-refractivity contribution in [3.8, 4) is 17.6 Å². The number of amides is 1. The van der Waals surface area contributed by atoms with E-state index >= 15 is 0 Å². The number of methoxy groups -OCH3 is 2. The van der Waals surface area contributed by atoms with Gasteiger partial charge in [-0.1, -0.05) is 6.07 Å². The van der Waals surface area contributed by atoms with E-state index in [1.165, 1.54) is 11.9 Å². The Morgan fingerprint density at radius 2 is 1.76 bits per heavy atom. The number of anilines is 2. The predicted molar refractivity (Wildman–Crippen MR) is 130 cm³/mol. The molecule has 8 nitrogen and oxygen atoms in total. The SMILES string of the molecule is COc1ccc(CCNC(=O)/C(C#N)=C\Nc2ccc(N3CCN(C)CC3)cc2)cc1OC. The molecule has 3 rings (SSSR count). The fraction of sp³-hybridized carbons (Fsp3) is 0.360. The molecule has 1 saturated heterocycles. The highest BCUT2D eigenvalue weighted by atomic mass is 16.5. The summed E-state index contributed by atoms with van der Waals surface area (Å²) < 4.78 is 10.5. The molecule has 0 radical (unpaired) electrons. The summed E-state index contributed by atoms with van der Waals surface area (Å²) in [6, 6.07) is 15.6. The van der Waals surface area contributed by atoms with Crippen LogP contribution in [-0.4, -0.2) is 64.8 Å². The van der Waals surface area contributed by atoms with Crippen LogP contribution < -0.4 is 25.0 Å². The molecule has 1 aliphatic heterocycles. The van der Waals surface area contributed by atoms with Crippen LogP contribution >= 0.6 is 0 Å². The zero-order chi connectivity index (χ0) is 23.6. The van der Waals surface area contributed by atoms with Crippen molar-refractivity contribution < 1.29 is 14.3 Å². The van der Waals surface area contributed by atoms with E-state index in [1.807, 2.05) is 36.4 Å². The number of benzene rings is 2. The third kappa shape index (κ3) is 6.64. The standard InChI is InChI=1S/C25H31N5O3/c1-29-12-14-30(15-13-29)22-7-5-21(6-8-22)28-18-20(17-26)25(31)27-11-10-19-4-9-23(32-2)24(16-19)33-3/h4-9,16,18,28H,10-15H2,1-3H3,(H,27,31)/b20-18-. The quantitative estimate of drug-likeness (QED) is 0.449. The molecule has 0 aromatic heterocycles. The second-order valence-corrected chi connectivity index (χ2v) is 7.85. The molecule has 0 unspecified atom stereocenters. The van der Waals surface area contributed by atoms with Crippen molar-refractivity contribution in [3.05, 3.63) is 59.8 Å². The number of hydrogen-bond donors (Lipinski definition) is 2. The Balaban J connectivity index is 1.50. The minimum Gasteiger partial charge on any atom is -0.493 e. The Kier molecular flexibility index (Phi) is 8.56. The molecule has 174 valence electrons. The van der Waals surface area contributed by atoms with Crippen molar-refractivity contribution in [2.45, 2.75) is 6.42 Å². The lowest BCUT2D eigenvalue weighted by Crippen LogP contribution is -2.44. The van der Waals surface area contributed by atoms with Gasteiger partial charge in [0.2, 0.25) is 0 Å². The predicted octanol–water partition coefficient (Wildman–Crippen LogP) is 2.63. The molecule has 2 N–H and O–H groups in total. The lowest BCUT2D eigenvalue weighted by molar-refractivity contribution is -0.117. The lowest BCUT2D eigenvalue weighted by atomic mass is 10.1. The molecule has 1 heterocycles. The van der Waals surface area contributed by atoms with Crippen LogP contribution in [-0.2, 0) is 11.2 Å². The van der Waals surface area contributed by atoms with Gasteiger partial charge in [-0.25, -0.2) is 0 Å². The highest BCUT2D eigenvalue weighted by Gasteiger charge is 2.14. The number of piperazine rings is 1. The van der Waals surface area contributed by atoms with Crippen LogP contribution in [0.25, 0.3) is 0 Å². The summed E-state index contributed by atoms with van der Waals surface area (Å²) >= 11 is 0. The van der Waals surface area contributed by atoms with E-state index in [4.69, 9.17) is 9.47 Å². The number of carbonyl (C=O) groups excluding carboxylic acids is 1. The van der Waals surface area contributed by atoms with Gasteiger partial charge in [0.25, 0.3) is 5.91 Å². The summed E-state index contributed by atoms with van der Waals surface area (Å²) in [6.45, 7) is 4.51. The normalized spacial score (nSPS) is 14.4. The number of hydrogen-bond acceptors (Lipinski definition) is 7. The average Bonchev–Trinajstić information content (AvgIpc) is 2.85. The summed E-state index contributed by atoms with van der Waals surface area (Å²) in [7, 11) is 5.31. The minimum atomic E-state index is -0.417. The molecule has 0 spiro atoms. The van der Waals surface area contributed by atoms with Crippen molar-refractivity contribution in [1.82, 2.24) is 10.2 Å². The Morgan fingerprint density at radius 1 is 1.06 bits per heavy atom. The molecule has 8 heteroatoms. The molecule has 0 saturated carbocycles. The molecular formula is C25H31N5O3. The van der Waals surface area contributed by atoms with Gasteiger partial charge in [-0.05, 0) is 55.4 Å². The number of carbonyl (C=O) groups is 1. The number of likely N-dealkylation sites (N-methyl/N-ethyl adjacent to an activating group) is 1. The van der Waals surface area contributed by atoms with Gasteiger partial charge in [0.05, 0.1) is 14.2 Å². The molecule has 0 aliphatic carbocycles. The van der Waals surface area contributed by atoms with Crippen LogP contribution in [0.5, 0.6) is 11.5 Å². The maximum atomic E-state index is 12.4. The van der Waals surface area contributed by atoms with E-state index < -0.39 is 5.91 Å². The number of nitrogens with zero attached hydrogens (tertiary/aromatic N) is 3. The molecule has 0 bridgehead atoms. The molecule has 33 heavy (non-hydrogen) atoms. The zero-order valence-electron chi connectivity index (χ0n) is 19.4. The number of nitrogens with one attached hydrogen (secondary N) is 2. The molecule has 1 fully saturated rings. The lowest BCUT2D eigenvalue weighted by Gasteiger charge is -2.34. The first-order valence-corrected chi connectivity index (χ1v) is 10.9. The van der Waals surface area contributed by atoms with E-state index in [0.29, 0.717) is 24.5 Å². The Bertz CT molecular complexity index is 1010. The summed E-state index contributed by atoms with van der Waals surface area (Å²) in [6.07, 6.45) is 2.04.